The normalized spacial score (nSPS) is 9.93. The maximum atomic E-state index is 11.0. The van der Waals surface area contributed by atoms with Crippen LogP contribution in [-0.2, 0) is 0 Å². The number of benzene rings is 1. The van der Waals surface area contributed by atoms with E-state index in [0.717, 1.165) is 16.9 Å². The lowest BCUT2D eigenvalue weighted by molar-refractivity contribution is 0.1000. The Labute approximate surface area is 83.9 Å². The summed E-state index contributed by atoms with van der Waals surface area (Å²) in [5.74, 6) is 0.441. The molecular weight excluding hydrogens is 178 g/mol. The fourth-order valence-electron chi connectivity index (χ4n) is 1.46. The molecule has 3 heteroatoms. The van der Waals surface area contributed by atoms with Gasteiger partial charge in [-0.1, -0.05) is 0 Å². The van der Waals surface area contributed by atoms with Gasteiger partial charge in [0.15, 0.2) is 0 Å². The maximum Gasteiger partial charge on any atom is 0.248 e. The monoisotopic (exact) mass is 193 g/mol. The van der Waals surface area contributed by atoms with Gasteiger partial charge >= 0.3 is 0 Å². The molecule has 14 heavy (non-hydrogen) atoms. The molecular formula is C11H15NO2. The third-order valence-corrected chi connectivity index (χ3v) is 2.03. The molecule has 1 rings (SSSR count). The third kappa shape index (κ3) is 2.05. The SMILES string of the molecule is CCOc1c(C)cc(C(N)=O)cc1C. The molecule has 0 saturated heterocycles. The molecule has 0 atom stereocenters. The molecule has 76 valence electrons. The Morgan fingerprint density at radius 3 is 2.21 bits per heavy atom. The van der Waals surface area contributed by atoms with Crippen molar-refractivity contribution in [1.29, 1.82) is 0 Å². The van der Waals surface area contributed by atoms with Gasteiger partial charge in [-0.25, -0.2) is 0 Å². The minimum Gasteiger partial charge on any atom is -0.493 e. The summed E-state index contributed by atoms with van der Waals surface area (Å²) in [5, 5.41) is 0. The lowest BCUT2D eigenvalue weighted by Gasteiger charge is -2.11. The van der Waals surface area contributed by atoms with Gasteiger partial charge in [0.25, 0.3) is 0 Å². The van der Waals surface area contributed by atoms with Crippen LogP contribution in [0.4, 0.5) is 0 Å². The van der Waals surface area contributed by atoms with Crippen molar-refractivity contribution in [2.24, 2.45) is 5.73 Å². The Kier molecular flexibility index (Phi) is 3.12. The number of hydrogen-bond donors (Lipinski definition) is 1. The van der Waals surface area contributed by atoms with Crippen molar-refractivity contribution in [1.82, 2.24) is 0 Å². The van der Waals surface area contributed by atoms with E-state index in [-0.39, 0.29) is 0 Å². The van der Waals surface area contributed by atoms with E-state index in [9.17, 15) is 4.79 Å². The van der Waals surface area contributed by atoms with Crippen molar-refractivity contribution >= 4 is 5.91 Å². The van der Waals surface area contributed by atoms with Crippen molar-refractivity contribution in [3.8, 4) is 5.75 Å². The van der Waals surface area contributed by atoms with Crippen molar-refractivity contribution in [3.05, 3.63) is 28.8 Å². The van der Waals surface area contributed by atoms with E-state index in [1.807, 2.05) is 20.8 Å². The van der Waals surface area contributed by atoms with E-state index in [1.165, 1.54) is 0 Å². The van der Waals surface area contributed by atoms with Crippen LogP contribution >= 0.6 is 0 Å². The first-order chi connectivity index (χ1) is 6.56. The molecule has 0 aliphatic rings. The second kappa shape index (κ2) is 4.13. The Hall–Kier alpha value is -1.51. The van der Waals surface area contributed by atoms with E-state index < -0.39 is 5.91 Å². The van der Waals surface area contributed by atoms with Gasteiger partial charge in [0.2, 0.25) is 5.91 Å². The van der Waals surface area contributed by atoms with Crippen LogP contribution in [0.15, 0.2) is 12.1 Å². The first-order valence-corrected chi connectivity index (χ1v) is 4.60. The molecule has 1 aromatic rings. The van der Waals surface area contributed by atoms with Crippen LogP contribution in [0.25, 0.3) is 0 Å². The summed E-state index contributed by atoms with van der Waals surface area (Å²) in [4.78, 5) is 11.0. The highest BCUT2D eigenvalue weighted by Gasteiger charge is 2.08. The molecule has 0 spiro atoms. The Morgan fingerprint density at radius 2 is 1.86 bits per heavy atom. The van der Waals surface area contributed by atoms with E-state index >= 15 is 0 Å². The molecule has 0 radical (unpaired) electrons. The highest BCUT2D eigenvalue weighted by molar-refractivity contribution is 5.93. The fourth-order valence-corrected chi connectivity index (χ4v) is 1.46. The number of nitrogens with two attached hydrogens (primary N) is 1. The summed E-state index contributed by atoms with van der Waals surface area (Å²) >= 11 is 0. The van der Waals surface area contributed by atoms with Crippen LogP contribution in [0, 0.1) is 13.8 Å². The van der Waals surface area contributed by atoms with Crippen LogP contribution in [-0.4, -0.2) is 12.5 Å². The summed E-state index contributed by atoms with van der Waals surface area (Å²) in [6.45, 7) is 6.37. The Morgan fingerprint density at radius 1 is 1.36 bits per heavy atom. The molecule has 0 saturated carbocycles. The molecule has 0 aliphatic carbocycles. The quantitative estimate of drug-likeness (QED) is 0.795. The minimum absolute atomic E-state index is 0.403. The first-order valence-electron chi connectivity index (χ1n) is 4.60. The van der Waals surface area contributed by atoms with Crippen molar-refractivity contribution in [2.75, 3.05) is 6.61 Å². The standard InChI is InChI=1S/C11H15NO2/c1-4-14-10-7(2)5-9(11(12)13)6-8(10)3/h5-6H,4H2,1-3H3,(H2,12,13). The summed E-state index contributed by atoms with van der Waals surface area (Å²) in [6.07, 6.45) is 0. The topological polar surface area (TPSA) is 52.3 Å². The minimum atomic E-state index is -0.403. The number of rotatable bonds is 3. The predicted molar refractivity (Wildman–Crippen MR) is 55.6 cm³/mol. The Balaban J connectivity index is 3.18. The Bertz CT molecular complexity index is 335. The largest absolute Gasteiger partial charge is 0.493 e. The average molecular weight is 193 g/mol. The van der Waals surface area contributed by atoms with Gasteiger partial charge in [-0.2, -0.15) is 0 Å². The molecule has 0 bridgehead atoms. The third-order valence-electron chi connectivity index (χ3n) is 2.03. The molecule has 0 aromatic heterocycles. The number of aryl methyl sites for hydroxylation is 2. The van der Waals surface area contributed by atoms with Crippen molar-refractivity contribution in [3.63, 3.8) is 0 Å². The summed E-state index contributed by atoms with van der Waals surface area (Å²) in [6, 6.07) is 3.50. The van der Waals surface area contributed by atoms with Gasteiger partial charge in [-0.3, -0.25) is 4.79 Å². The van der Waals surface area contributed by atoms with Gasteiger partial charge in [0.05, 0.1) is 6.61 Å². The number of amides is 1. The van der Waals surface area contributed by atoms with Crippen molar-refractivity contribution < 1.29 is 9.53 Å². The zero-order valence-corrected chi connectivity index (χ0v) is 8.76. The summed E-state index contributed by atoms with van der Waals surface area (Å²) < 4.78 is 5.45. The van der Waals surface area contributed by atoms with E-state index in [2.05, 4.69) is 0 Å². The highest BCUT2D eigenvalue weighted by atomic mass is 16.5. The molecule has 0 unspecified atom stereocenters. The molecule has 2 N–H and O–H groups in total. The number of ether oxygens (including phenoxy) is 1. The second-order valence-corrected chi connectivity index (χ2v) is 3.24. The van der Waals surface area contributed by atoms with Crippen LogP contribution in [0.1, 0.15) is 28.4 Å². The highest BCUT2D eigenvalue weighted by Crippen LogP contribution is 2.24. The number of hydrogen-bond acceptors (Lipinski definition) is 2. The molecule has 1 amide bonds. The lowest BCUT2D eigenvalue weighted by Crippen LogP contribution is -2.12. The predicted octanol–water partition coefficient (Wildman–Crippen LogP) is 1.80. The van der Waals surface area contributed by atoms with E-state index in [1.54, 1.807) is 12.1 Å². The second-order valence-electron chi connectivity index (χ2n) is 3.24. The van der Waals surface area contributed by atoms with Gasteiger partial charge < -0.3 is 10.5 Å². The number of carbonyl (C=O) groups excluding carboxylic acids is 1. The summed E-state index contributed by atoms with van der Waals surface area (Å²) in [5.41, 5.74) is 7.62. The zero-order chi connectivity index (χ0) is 10.7. The van der Waals surface area contributed by atoms with E-state index in [4.69, 9.17) is 10.5 Å². The summed E-state index contributed by atoms with van der Waals surface area (Å²) in [7, 11) is 0. The van der Waals surface area contributed by atoms with Crippen molar-refractivity contribution in [2.45, 2.75) is 20.8 Å². The smallest absolute Gasteiger partial charge is 0.248 e. The number of carbonyl (C=O) groups is 1. The average Bonchev–Trinajstić information content (AvgIpc) is 2.10. The number of primary amides is 1. The van der Waals surface area contributed by atoms with Crippen LogP contribution < -0.4 is 10.5 Å². The van der Waals surface area contributed by atoms with E-state index in [0.29, 0.717) is 12.2 Å². The van der Waals surface area contributed by atoms with Crippen LogP contribution in [0.3, 0.4) is 0 Å². The van der Waals surface area contributed by atoms with Gasteiger partial charge in [0, 0.05) is 5.56 Å². The lowest BCUT2D eigenvalue weighted by atomic mass is 10.1. The molecule has 1 aromatic carbocycles. The first kappa shape index (κ1) is 10.6. The van der Waals surface area contributed by atoms with Crippen LogP contribution in [0.5, 0.6) is 5.75 Å². The fraction of sp³-hybridized carbons (Fsp3) is 0.364. The van der Waals surface area contributed by atoms with Crippen LogP contribution in [0.2, 0.25) is 0 Å². The van der Waals surface area contributed by atoms with Gasteiger partial charge in [-0.05, 0) is 44.0 Å². The molecule has 3 nitrogen and oxygen atoms in total. The van der Waals surface area contributed by atoms with Gasteiger partial charge in [0.1, 0.15) is 5.75 Å². The zero-order valence-electron chi connectivity index (χ0n) is 8.76. The van der Waals surface area contributed by atoms with Gasteiger partial charge in [-0.15, -0.1) is 0 Å². The molecule has 0 fully saturated rings. The molecule has 0 heterocycles. The maximum absolute atomic E-state index is 11.0. The molecule has 0 aliphatic heterocycles.